The zero-order chi connectivity index (χ0) is 28.6. The first-order chi connectivity index (χ1) is 19.3. The highest BCUT2D eigenvalue weighted by Gasteiger charge is 2.61. The predicted octanol–water partition coefficient (Wildman–Crippen LogP) is 4.07. The van der Waals surface area contributed by atoms with Crippen LogP contribution in [0.2, 0.25) is 0 Å². The van der Waals surface area contributed by atoms with Crippen LogP contribution in [-0.2, 0) is 14.4 Å². The summed E-state index contributed by atoms with van der Waals surface area (Å²) in [5.74, 6) is -0.510. The Labute approximate surface area is 229 Å². The van der Waals surface area contributed by atoms with E-state index in [1.807, 2.05) is 6.92 Å². The lowest BCUT2D eigenvalue weighted by atomic mass is 9.89. The second kappa shape index (κ2) is 10.7. The second-order valence-electron chi connectivity index (χ2n) is 8.96. The van der Waals surface area contributed by atoms with Gasteiger partial charge in [0.15, 0.2) is 17.6 Å². The Morgan fingerprint density at radius 2 is 1.62 bits per heavy atom. The summed E-state index contributed by atoms with van der Waals surface area (Å²) in [5, 5.41) is 12.9. The molecule has 2 fully saturated rings. The summed E-state index contributed by atoms with van der Waals surface area (Å²) in [5.41, 5.74) is 0.953. The molecule has 12 heteroatoms. The number of hydroxylamine groups is 1. The van der Waals surface area contributed by atoms with E-state index in [4.69, 9.17) is 23.8 Å². The summed E-state index contributed by atoms with van der Waals surface area (Å²) in [4.78, 5) is 45.9. The summed E-state index contributed by atoms with van der Waals surface area (Å²) in [7, 11) is 4.38. The van der Waals surface area contributed by atoms with Crippen LogP contribution >= 0.6 is 0 Å². The fourth-order valence-corrected chi connectivity index (χ4v) is 5.17. The van der Waals surface area contributed by atoms with Gasteiger partial charge >= 0.3 is 0 Å². The third-order valence-electron chi connectivity index (χ3n) is 6.87. The summed E-state index contributed by atoms with van der Waals surface area (Å²) < 4.78 is 22.2. The highest BCUT2D eigenvalue weighted by atomic mass is 16.7. The van der Waals surface area contributed by atoms with E-state index in [0.29, 0.717) is 35.0 Å². The van der Waals surface area contributed by atoms with Crippen molar-refractivity contribution >= 4 is 28.9 Å². The third-order valence-corrected chi connectivity index (χ3v) is 6.87. The molecule has 0 radical (unpaired) electrons. The molecule has 0 spiro atoms. The van der Waals surface area contributed by atoms with Crippen LogP contribution in [0.5, 0.6) is 23.0 Å². The van der Waals surface area contributed by atoms with E-state index in [1.54, 1.807) is 42.5 Å². The Bertz CT molecular complexity index is 1460. The van der Waals surface area contributed by atoms with Gasteiger partial charge in [0, 0.05) is 17.7 Å². The summed E-state index contributed by atoms with van der Waals surface area (Å²) in [6.07, 6.45) is -1.19. The van der Waals surface area contributed by atoms with Gasteiger partial charge in [0.2, 0.25) is 11.7 Å². The molecule has 2 saturated heterocycles. The van der Waals surface area contributed by atoms with Gasteiger partial charge in [-0.1, -0.05) is 6.07 Å². The first-order valence-electron chi connectivity index (χ1n) is 12.4. The standard InChI is InChI=1S/C28H27N3O9/c1-5-39-19-11-9-16(10-12-19)29-27(32)22-23(20-13-14-21(36-2)25(38-4)24(20)37-3)30(40-26(22)28(29)33)17-7-6-8-18(15-17)31(34)35/h6-15,22-23,26H,5H2,1-4H3/t22-,23+,26-/m1/s1. The van der Waals surface area contributed by atoms with Crippen LogP contribution in [0.25, 0.3) is 0 Å². The van der Waals surface area contributed by atoms with E-state index in [1.165, 1.54) is 44.6 Å². The van der Waals surface area contributed by atoms with Crippen LogP contribution in [0.15, 0.2) is 60.7 Å². The smallest absolute Gasteiger partial charge is 0.271 e. The second-order valence-corrected chi connectivity index (χ2v) is 8.96. The molecule has 0 N–H and O–H groups in total. The molecule has 208 valence electrons. The SMILES string of the molecule is CCOc1ccc(N2C(=O)[C@H]3[C@@H](ON(c4cccc([N+](=O)[O-])c4)[C@H]3c3ccc(OC)c(OC)c3OC)C2=O)cc1. The molecule has 0 aliphatic carbocycles. The van der Waals surface area contributed by atoms with E-state index in [9.17, 15) is 19.7 Å². The molecule has 0 bridgehead atoms. The molecule has 2 aliphatic heterocycles. The van der Waals surface area contributed by atoms with Gasteiger partial charge in [-0.3, -0.25) is 24.5 Å². The van der Waals surface area contributed by atoms with Crippen LogP contribution < -0.4 is 28.9 Å². The van der Waals surface area contributed by atoms with Crippen molar-refractivity contribution in [3.05, 3.63) is 76.3 Å². The number of carbonyl (C=O) groups is 2. The van der Waals surface area contributed by atoms with Gasteiger partial charge in [-0.2, -0.15) is 0 Å². The zero-order valence-corrected chi connectivity index (χ0v) is 22.2. The molecule has 3 atom stereocenters. The predicted molar refractivity (Wildman–Crippen MR) is 143 cm³/mol. The summed E-state index contributed by atoms with van der Waals surface area (Å²) in [6, 6.07) is 14.8. The molecule has 0 aromatic heterocycles. The number of nitro groups is 1. The van der Waals surface area contributed by atoms with E-state index in [0.717, 1.165) is 4.90 Å². The number of hydrogen-bond donors (Lipinski definition) is 0. The third kappa shape index (κ3) is 4.31. The van der Waals surface area contributed by atoms with Crippen molar-refractivity contribution in [2.45, 2.75) is 19.1 Å². The molecule has 5 rings (SSSR count). The number of hydrogen-bond acceptors (Lipinski definition) is 10. The lowest BCUT2D eigenvalue weighted by molar-refractivity contribution is -0.384. The minimum atomic E-state index is -1.19. The first-order valence-corrected chi connectivity index (χ1v) is 12.4. The molecular formula is C28H27N3O9. The number of benzene rings is 3. The molecule has 3 aromatic carbocycles. The molecule has 2 aliphatic rings. The lowest BCUT2D eigenvalue weighted by Gasteiger charge is -2.30. The molecule has 3 aromatic rings. The number of amides is 2. The van der Waals surface area contributed by atoms with Gasteiger partial charge in [-0.05, 0) is 49.4 Å². The van der Waals surface area contributed by atoms with Crippen molar-refractivity contribution in [3.63, 3.8) is 0 Å². The first kappa shape index (κ1) is 26.8. The molecule has 0 unspecified atom stereocenters. The Kier molecular flexibility index (Phi) is 7.18. The quantitative estimate of drug-likeness (QED) is 0.219. The number of nitro benzene ring substituents is 1. The number of methoxy groups -OCH3 is 3. The lowest BCUT2D eigenvalue weighted by Crippen LogP contribution is -2.37. The number of imide groups is 1. The summed E-state index contributed by atoms with van der Waals surface area (Å²) >= 11 is 0. The van der Waals surface area contributed by atoms with Crippen LogP contribution in [0.3, 0.4) is 0 Å². The Balaban J connectivity index is 1.63. The fourth-order valence-electron chi connectivity index (χ4n) is 5.17. The number of rotatable bonds is 9. The monoisotopic (exact) mass is 549 g/mol. The van der Waals surface area contributed by atoms with E-state index in [-0.39, 0.29) is 17.2 Å². The molecule has 2 heterocycles. The van der Waals surface area contributed by atoms with Gasteiger partial charge in [-0.15, -0.1) is 0 Å². The number of non-ortho nitro benzene ring substituents is 1. The van der Waals surface area contributed by atoms with Crippen molar-refractivity contribution < 1.29 is 38.3 Å². The van der Waals surface area contributed by atoms with Crippen LogP contribution in [0.4, 0.5) is 17.1 Å². The van der Waals surface area contributed by atoms with Crippen LogP contribution in [0.1, 0.15) is 18.5 Å². The maximum Gasteiger partial charge on any atom is 0.271 e. The number of anilines is 2. The maximum absolute atomic E-state index is 14.0. The number of ether oxygens (including phenoxy) is 4. The van der Waals surface area contributed by atoms with Crippen molar-refractivity contribution in [2.75, 3.05) is 37.9 Å². The molecular weight excluding hydrogens is 522 g/mol. The largest absolute Gasteiger partial charge is 0.494 e. The van der Waals surface area contributed by atoms with Crippen molar-refractivity contribution in [2.24, 2.45) is 5.92 Å². The van der Waals surface area contributed by atoms with Gasteiger partial charge in [0.05, 0.1) is 44.2 Å². The molecule has 0 saturated carbocycles. The average molecular weight is 550 g/mol. The average Bonchev–Trinajstić information content (AvgIpc) is 3.48. The molecule has 12 nitrogen and oxygen atoms in total. The number of fused-ring (bicyclic) bond motifs is 1. The fraction of sp³-hybridized carbons (Fsp3) is 0.286. The van der Waals surface area contributed by atoms with Gasteiger partial charge in [-0.25, -0.2) is 9.96 Å². The van der Waals surface area contributed by atoms with Gasteiger partial charge in [0.25, 0.3) is 11.6 Å². The normalized spacial score (nSPS) is 19.9. The number of nitrogens with zero attached hydrogens (tertiary/aromatic N) is 3. The summed E-state index contributed by atoms with van der Waals surface area (Å²) in [6.45, 7) is 2.33. The minimum Gasteiger partial charge on any atom is -0.494 e. The Morgan fingerprint density at radius 3 is 2.25 bits per heavy atom. The highest BCUT2D eigenvalue weighted by Crippen LogP contribution is 2.52. The minimum absolute atomic E-state index is 0.176. The molecule has 2 amide bonds. The number of carbonyl (C=O) groups excluding carboxylic acids is 2. The molecule has 40 heavy (non-hydrogen) atoms. The van der Waals surface area contributed by atoms with Crippen LogP contribution in [0, 0.1) is 16.0 Å². The van der Waals surface area contributed by atoms with E-state index in [2.05, 4.69) is 0 Å². The van der Waals surface area contributed by atoms with Crippen molar-refractivity contribution in [1.82, 2.24) is 0 Å². The van der Waals surface area contributed by atoms with Crippen molar-refractivity contribution in [1.29, 1.82) is 0 Å². The Hall–Kier alpha value is -4.84. The van der Waals surface area contributed by atoms with Crippen LogP contribution in [-0.4, -0.2) is 50.8 Å². The van der Waals surface area contributed by atoms with Gasteiger partial charge < -0.3 is 18.9 Å². The maximum atomic E-state index is 14.0. The zero-order valence-electron chi connectivity index (χ0n) is 22.2. The van der Waals surface area contributed by atoms with Gasteiger partial charge in [0.1, 0.15) is 17.7 Å². The van der Waals surface area contributed by atoms with E-state index >= 15 is 0 Å². The van der Waals surface area contributed by atoms with E-state index < -0.39 is 34.8 Å². The topological polar surface area (TPSA) is 130 Å². The Morgan fingerprint density at radius 1 is 0.900 bits per heavy atom. The highest BCUT2D eigenvalue weighted by molar-refractivity contribution is 6.24. The van der Waals surface area contributed by atoms with Crippen molar-refractivity contribution in [3.8, 4) is 23.0 Å².